The molecular weight excluding hydrogens is 354 g/mol. The summed E-state index contributed by atoms with van der Waals surface area (Å²) < 4.78 is 7.31. The monoisotopic (exact) mass is 375 g/mol. The zero-order valence-electron chi connectivity index (χ0n) is 15.3. The highest BCUT2D eigenvalue weighted by atomic mass is 16.3. The van der Waals surface area contributed by atoms with Gasteiger partial charge in [-0.05, 0) is 29.8 Å². The molecule has 0 unspecified atom stereocenters. The molecule has 0 spiro atoms. The number of carbonyl (C=O) groups is 1. The molecule has 0 radical (unpaired) electrons. The van der Waals surface area contributed by atoms with Gasteiger partial charge < -0.3 is 19.6 Å². The number of aromatic nitrogens is 3. The summed E-state index contributed by atoms with van der Waals surface area (Å²) in [6.45, 7) is 1.52. The Balaban J connectivity index is 1.41. The molecule has 2 amide bonds. The van der Waals surface area contributed by atoms with Crippen molar-refractivity contribution in [3.8, 4) is 0 Å². The van der Waals surface area contributed by atoms with Gasteiger partial charge in [-0.25, -0.2) is 14.8 Å². The molecule has 7 nitrogen and oxygen atoms in total. The maximum Gasteiger partial charge on any atom is 0.315 e. The molecule has 0 aliphatic rings. The molecule has 4 rings (SSSR count). The van der Waals surface area contributed by atoms with Crippen molar-refractivity contribution < 1.29 is 9.21 Å². The van der Waals surface area contributed by atoms with Crippen molar-refractivity contribution in [3.63, 3.8) is 0 Å². The van der Waals surface area contributed by atoms with Crippen molar-refractivity contribution in [3.05, 3.63) is 84.2 Å². The lowest BCUT2D eigenvalue weighted by molar-refractivity contribution is 0.239. The maximum atomic E-state index is 12.0. The fourth-order valence-corrected chi connectivity index (χ4v) is 3.06. The van der Waals surface area contributed by atoms with E-state index < -0.39 is 0 Å². The summed E-state index contributed by atoms with van der Waals surface area (Å²) in [5.41, 5.74) is 2.89. The van der Waals surface area contributed by atoms with Gasteiger partial charge in [0, 0.05) is 19.2 Å². The second kappa shape index (κ2) is 8.39. The molecule has 2 N–H and O–H groups in total. The van der Waals surface area contributed by atoms with Gasteiger partial charge in [0.05, 0.1) is 19.4 Å². The number of furan rings is 1. The van der Waals surface area contributed by atoms with E-state index in [4.69, 9.17) is 9.40 Å². The van der Waals surface area contributed by atoms with Gasteiger partial charge in [-0.3, -0.25) is 0 Å². The lowest BCUT2D eigenvalue weighted by atomic mass is 10.2. The number of amides is 2. The molecule has 3 aromatic heterocycles. The molecule has 4 aromatic rings. The predicted molar refractivity (Wildman–Crippen MR) is 106 cm³/mol. The number of nitrogens with one attached hydrogen (secondary N) is 2. The fourth-order valence-electron chi connectivity index (χ4n) is 3.06. The third-order valence-corrected chi connectivity index (χ3v) is 4.40. The van der Waals surface area contributed by atoms with Crippen LogP contribution < -0.4 is 10.6 Å². The van der Waals surface area contributed by atoms with E-state index in [1.807, 2.05) is 36.4 Å². The first-order valence-electron chi connectivity index (χ1n) is 9.18. The molecular formula is C21H21N5O2. The molecule has 0 atom stereocenters. The van der Waals surface area contributed by atoms with E-state index in [0.29, 0.717) is 31.8 Å². The number of fused-ring (bicyclic) bond motifs is 1. The van der Waals surface area contributed by atoms with Crippen LogP contribution >= 0.6 is 0 Å². The highest BCUT2D eigenvalue weighted by Gasteiger charge is 2.12. The van der Waals surface area contributed by atoms with Gasteiger partial charge in [0.25, 0.3) is 0 Å². The minimum atomic E-state index is -0.236. The number of urea groups is 1. The first-order valence-corrected chi connectivity index (χ1v) is 9.18. The predicted octanol–water partition coefficient (Wildman–Crippen LogP) is 3.11. The summed E-state index contributed by atoms with van der Waals surface area (Å²) in [6.07, 6.45) is 3.97. The second-order valence-corrected chi connectivity index (χ2v) is 6.38. The standard InChI is InChI=1S/C21H21N5O2/c27-21(24-14-17-8-5-13-28-17)23-12-10-19-25-18-9-4-11-22-20(18)26(19)15-16-6-2-1-3-7-16/h1-9,11,13H,10,12,14-15H2,(H2,23,24,27). The molecule has 7 heteroatoms. The summed E-state index contributed by atoms with van der Waals surface area (Å²) in [6, 6.07) is 17.4. The van der Waals surface area contributed by atoms with Crippen LogP contribution in [0.1, 0.15) is 17.1 Å². The Kier molecular flexibility index (Phi) is 5.33. The molecule has 1 aromatic carbocycles. The Morgan fingerprint density at radius 2 is 1.93 bits per heavy atom. The van der Waals surface area contributed by atoms with Gasteiger partial charge in [0.1, 0.15) is 17.1 Å². The van der Waals surface area contributed by atoms with Crippen molar-refractivity contribution >= 4 is 17.2 Å². The molecule has 0 bridgehead atoms. The number of benzene rings is 1. The molecule has 28 heavy (non-hydrogen) atoms. The van der Waals surface area contributed by atoms with Gasteiger partial charge in [-0.15, -0.1) is 0 Å². The summed E-state index contributed by atoms with van der Waals surface area (Å²) in [7, 11) is 0. The Hall–Kier alpha value is -3.61. The lowest BCUT2D eigenvalue weighted by Crippen LogP contribution is -2.36. The van der Waals surface area contributed by atoms with Gasteiger partial charge in [0.15, 0.2) is 5.65 Å². The van der Waals surface area contributed by atoms with Crippen molar-refractivity contribution in [2.24, 2.45) is 0 Å². The Morgan fingerprint density at radius 3 is 2.75 bits per heavy atom. The number of hydrogen-bond donors (Lipinski definition) is 2. The van der Waals surface area contributed by atoms with Crippen LogP contribution in [0, 0.1) is 0 Å². The Bertz CT molecular complexity index is 1040. The highest BCUT2D eigenvalue weighted by molar-refractivity contribution is 5.74. The van der Waals surface area contributed by atoms with Crippen LogP contribution in [-0.4, -0.2) is 27.1 Å². The van der Waals surface area contributed by atoms with Gasteiger partial charge in [-0.1, -0.05) is 30.3 Å². The van der Waals surface area contributed by atoms with Gasteiger partial charge in [0.2, 0.25) is 0 Å². The summed E-state index contributed by atoms with van der Waals surface area (Å²) in [5, 5.41) is 5.63. The number of pyridine rings is 1. The molecule has 142 valence electrons. The highest BCUT2D eigenvalue weighted by Crippen LogP contribution is 2.16. The summed E-state index contributed by atoms with van der Waals surface area (Å²) in [5.74, 6) is 1.61. The third-order valence-electron chi connectivity index (χ3n) is 4.40. The van der Waals surface area contributed by atoms with E-state index in [0.717, 1.165) is 17.0 Å². The van der Waals surface area contributed by atoms with Crippen molar-refractivity contribution in [2.45, 2.75) is 19.5 Å². The first kappa shape index (κ1) is 17.8. The lowest BCUT2D eigenvalue weighted by Gasteiger charge is -2.10. The zero-order chi connectivity index (χ0) is 19.2. The average molecular weight is 375 g/mol. The zero-order valence-corrected chi connectivity index (χ0v) is 15.3. The quantitative estimate of drug-likeness (QED) is 0.520. The largest absolute Gasteiger partial charge is 0.467 e. The Morgan fingerprint density at radius 1 is 1.04 bits per heavy atom. The van der Waals surface area contributed by atoms with E-state index in [-0.39, 0.29) is 6.03 Å². The van der Waals surface area contributed by atoms with Crippen molar-refractivity contribution in [2.75, 3.05) is 6.54 Å². The summed E-state index contributed by atoms with van der Waals surface area (Å²) >= 11 is 0. The van der Waals surface area contributed by atoms with E-state index in [2.05, 4.69) is 32.3 Å². The van der Waals surface area contributed by atoms with Crippen LogP contribution in [0.5, 0.6) is 0 Å². The SMILES string of the molecule is O=C(NCCc1nc2cccnc2n1Cc1ccccc1)NCc1ccco1. The fraction of sp³-hybridized carbons (Fsp3) is 0.190. The molecule has 0 saturated carbocycles. The van der Waals surface area contributed by atoms with Gasteiger partial charge in [-0.2, -0.15) is 0 Å². The van der Waals surface area contributed by atoms with Crippen LogP contribution in [0.3, 0.4) is 0 Å². The van der Waals surface area contributed by atoms with E-state index in [9.17, 15) is 4.79 Å². The number of nitrogens with zero attached hydrogens (tertiary/aromatic N) is 3. The van der Waals surface area contributed by atoms with Crippen LogP contribution in [0.15, 0.2) is 71.5 Å². The van der Waals surface area contributed by atoms with E-state index in [1.165, 1.54) is 5.56 Å². The average Bonchev–Trinajstić information content (AvgIpc) is 3.36. The van der Waals surface area contributed by atoms with Crippen molar-refractivity contribution in [1.82, 2.24) is 25.2 Å². The smallest absolute Gasteiger partial charge is 0.315 e. The normalized spacial score (nSPS) is 10.9. The van der Waals surface area contributed by atoms with E-state index >= 15 is 0 Å². The van der Waals surface area contributed by atoms with Crippen LogP contribution in [0.25, 0.3) is 11.2 Å². The number of carbonyl (C=O) groups excluding carboxylic acids is 1. The number of imidazole rings is 1. The van der Waals surface area contributed by atoms with Crippen LogP contribution in [0.2, 0.25) is 0 Å². The Labute approximate surface area is 162 Å². The van der Waals surface area contributed by atoms with Crippen LogP contribution in [-0.2, 0) is 19.5 Å². The second-order valence-electron chi connectivity index (χ2n) is 6.38. The molecule has 0 aliphatic heterocycles. The molecule has 0 aliphatic carbocycles. The minimum absolute atomic E-state index is 0.236. The molecule has 3 heterocycles. The van der Waals surface area contributed by atoms with Gasteiger partial charge >= 0.3 is 6.03 Å². The molecule has 0 fully saturated rings. The van der Waals surface area contributed by atoms with E-state index in [1.54, 1.807) is 18.5 Å². The first-order chi connectivity index (χ1) is 13.8. The topological polar surface area (TPSA) is 85.0 Å². The maximum absolute atomic E-state index is 12.0. The third kappa shape index (κ3) is 4.20. The number of hydrogen-bond acceptors (Lipinski definition) is 4. The minimum Gasteiger partial charge on any atom is -0.467 e. The number of rotatable bonds is 7. The summed E-state index contributed by atoms with van der Waals surface area (Å²) in [4.78, 5) is 21.2. The molecule has 0 saturated heterocycles. The van der Waals surface area contributed by atoms with Crippen molar-refractivity contribution in [1.29, 1.82) is 0 Å². The van der Waals surface area contributed by atoms with Crippen LogP contribution in [0.4, 0.5) is 4.79 Å².